The third kappa shape index (κ3) is 3.19. The van der Waals surface area contributed by atoms with Gasteiger partial charge in [0.25, 0.3) is 0 Å². The highest BCUT2D eigenvalue weighted by atomic mass is 35.5. The lowest BCUT2D eigenvalue weighted by Crippen LogP contribution is -2.27. The molecule has 1 aromatic heterocycles. The van der Waals surface area contributed by atoms with E-state index >= 15 is 0 Å². The summed E-state index contributed by atoms with van der Waals surface area (Å²) in [5.74, 6) is 0.871. The Balaban J connectivity index is 2.18. The van der Waals surface area contributed by atoms with Gasteiger partial charge in [-0.15, -0.1) is 0 Å². The Hall–Kier alpha value is -1.40. The highest BCUT2D eigenvalue weighted by Crippen LogP contribution is 2.30. The van der Waals surface area contributed by atoms with Crippen LogP contribution in [-0.2, 0) is 9.59 Å². The van der Waals surface area contributed by atoms with Crippen molar-refractivity contribution in [3.8, 4) is 0 Å². The standard InChI is InChI=1S/C13H13ClN2O3S/c1-8(18)20-7-9-4-12(19)16(5-9)13-10(6-17)11(14)2-3-15-13/h2-3,6,9H,4-5,7H2,1H3. The molecule has 1 aromatic rings. The molecule has 5 nitrogen and oxygen atoms in total. The number of hydrogen-bond donors (Lipinski definition) is 0. The average molecular weight is 313 g/mol. The lowest BCUT2D eigenvalue weighted by molar-refractivity contribution is -0.117. The topological polar surface area (TPSA) is 67.3 Å². The molecular formula is C13H13ClN2O3S. The highest BCUT2D eigenvalue weighted by Gasteiger charge is 2.33. The third-order valence-corrected chi connectivity index (χ3v) is 4.39. The molecule has 1 aliphatic heterocycles. The summed E-state index contributed by atoms with van der Waals surface area (Å²) in [6, 6.07) is 1.51. The Morgan fingerprint density at radius 1 is 1.65 bits per heavy atom. The van der Waals surface area contributed by atoms with Crippen LogP contribution in [0.1, 0.15) is 23.7 Å². The number of thioether (sulfide) groups is 1. The summed E-state index contributed by atoms with van der Waals surface area (Å²) in [5, 5.41) is 0.310. The second-order valence-electron chi connectivity index (χ2n) is 4.52. The van der Waals surface area contributed by atoms with Crippen molar-refractivity contribution in [3.05, 3.63) is 22.8 Å². The normalized spacial score (nSPS) is 18.4. The number of pyridine rings is 1. The quantitative estimate of drug-likeness (QED) is 0.797. The molecule has 0 radical (unpaired) electrons. The molecule has 0 bridgehead atoms. The second kappa shape index (κ2) is 6.37. The molecule has 1 unspecified atom stereocenters. The molecule has 0 N–H and O–H groups in total. The minimum absolute atomic E-state index is 0.0327. The van der Waals surface area contributed by atoms with Gasteiger partial charge in [0.05, 0.1) is 10.6 Å². The van der Waals surface area contributed by atoms with Crippen molar-refractivity contribution in [3.63, 3.8) is 0 Å². The van der Waals surface area contributed by atoms with Crippen LogP contribution in [-0.4, -0.2) is 34.6 Å². The third-order valence-electron chi connectivity index (χ3n) is 3.02. The van der Waals surface area contributed by atoms with Crippen molar-refractivity contribution in [1.29, 1.82) is 0 Å². The molecule has 0 aliphatic carbocycles. The van der Waals surface area contributed by atoms with E-state index in [-0.39, 0.29) is 27.5 Å². The van der Waals surface area contributed by atoms with Crippen LogP contribution in [0.15, 0.2) is 12.3 Å². The molecule has 1 aliphatic rings. The minimum atomic E-state index is -0.1000. The molecule has 1 amide bonds. The van der Waals surface area contributed by atoms with E-state index in [0.29, 0.717) is 30.8 Å². The van der Waals surface area contributed by atoms with Gasteiger partial charge in [0, 0.05) is 31.8 Å². The first kappa shape index (κ1) is 15.0. The Labute approximate surface area is 125 Å². The van der Waals surface area contributed by atoms with Crippen LogP contribution >= 0.6 is 23.4 Å². The average Bonchev–Trinajstić information content (AvgIpc) is 2.77. The van der Waals surface area contributed by atoms with Crippen LogP contribution in [0, 0.1) is 5.92 Å². The van der Waals surface area contributed by atoms with E-state index < -0.39 is 0 Å². The van der Waals surface area contributed by atoms with Crippen molar-refractivity contribution in [2.45, 2.75) is 13.3 Å². The Kier molecular flexibility index (Phi) is 4.77. The zero-order valence-corrected chi connectivity index (χ0v) is 12.4. The maximum atomic E-state index is 12.0. The van der Waals surface area contributed by atoms with Gasteiger partial charge < -0.3 is 0 Å². The van der Waals surface area contributed by atoms with Crippen LogP contribution < -0.4 is 4.90 Å². The molecule has 1 saturated heterocycles. The van der Waals surface area contributed by atoms with E-state index in [2.05, 4.69) is 4.98 Å². The molecule has 1 atom stereocenters. The molecule has 0 saturated carbocycles. The predicted octanol–water partition coefficient (Wildman–Crippen LogP) is 2.18. The van der Waals surface area contributed by atoms with Gasteiger partial charge in [-0.05, 0) is 12.0 Å². The van der Waals surface area contributed by atoms with Gasteiger partial charge in [0.2, 0.25) is 5.91 Å². The molecule has 2 rings (SSSR count). The molecule has 0 spiro atoms. The van der Waals surface area contributed by atoms with E-state index in [0.717, 1.165) is 0 Å². The summed E-state index contributed by atoms with van der Waals surface area (Å²) in [5.41, 5.74) is 0.224. The number of anilines is 1. The van der Waals surface area contributed by atoms with Gasteiger partial charge >= 0.3 is 0 Å². The van der Waals surface area contributed by atoms with Crippen molar-refractivity contribution < 1.29 is 14.4 Å². The maximum absolute atomic E-state index is 12.0. The fourth-order valence-electron chi connectivity index (χ4n) is 2.10. The van der Waals surface area contributed by atoms with E-state index in [9.17, 15) is 14.4 Å². The number of rotatable bonds is 4. The number of hydrogen-bond acceptors (Lipinski definition) is 5. The van der Waals surface area contributed by atoms with E-state index in [1.807, 2.05) is 0 Å². The predicted molar refractivity (Wildman–Crippen MR) is 78.2 cm³/mol. The molecule has 2 heterocycles. The van der Waals surface area contributed by atoms with E-state index in [1.165, 1.54) is 35.8 Å². The fourth-order valence-corrected chi connectivity index (χ4v) is 2.98. The van der Waals surface area contributed by atoms with Crippen LogP contribution in [0.5, 0.6) is 0 Å². The van der Waals surface area contributed by atoms with Crippen molar-refractivity contribution in [1.82, 2.24) is 4.98 Å². The Bertz CT molecular complexity index is 565. The van der Waals surface area contributed by atoms with Gasteiger partial charge in [-0.1, -0.05) is 23.4 Å². The van der Waals surface area contributed by atoms with Crippen molar-refractivity contribution in [2.24, 2.45) is 5.92 Å². The van der Waals surface area contributed by atoms with Crippen molar-refractivity contribution >= 4 is 46.5 Å². The summed E-state index contributed by atoms with van der Waals surface area (Å²) in [7, 11) is 0. The maximum Gasteiger partial charge on any atom is 0.228 e. The largest absolute Gasteiger partial charge is 0.298 e. The molecule has 106 valence electrons. The molecule has 7 heteroatoms. The first-order valence-corrected chi connectivity index (χ1v) is 7.42. The van der Waals surface area contributed by atoms with Crippen molar-refractivity contribution in [2.75, 3.05) is 17.2 Å². The van der Waals surface area contributed by atoms with Crippen LogP contribution in [0.4, 0.5) is 5.82 Å². The second-order valence-corrected chi connectivity index (χ2v) is 6.13. The zero-order valence-electron chi connectivity index (χ0n) is 10.8. The number of nitrogens with zero attached hydrogens (tertiary/aromatic N) is 2. The smallest absolute Gasteiger partial charge is 0.228 e. The van der Waals surface area contributed by atoms with Crippen LogP contribution in [0.3, 0.4) is 0 Å². The first-order valence-electron chi connectivity index (χ1n) is 6.06. The van der Waals surface area contributed by atoms with Crippen LogP contribution in [0.25, 0.3) is 0 Å². The number of aromatic nitrogens is 1. The summed E-state index contributed by atoms with van der Waals surface area (Å²) in [4.78, 5) is 39.7. The number of aldehydes is 1. The Morgan fingerprint density at radius 2 is 2.40 bits per heavy atom. The highest BCUT2D eigenvalue weighted by molar-refractivity contribution is 8.13. The zero-order chi connectivity index (χ0) is 14.7. The van der Waals surface area contributed by atoms with E-state index in [1.54, 1.807) is 0 Å². The molecular weight excluding hydrogens is 300 g/mol. The molecule has 20 heavy (non-hydrogen) atoms. The molecule has 0 aromatic carbocycles. The monoisotopic (exact) mass is 312 g/mol. The van der Waals surface area contributed by atoms with Gasteiger partial charge in [0.1, 0.15) is 5.82 Å². The van der Waals surface area contributed by atoms with E-state index in [4.69, 9.17) is 11.6 Å². The summed E-state index contributed by atoms with van der Waals surface area (Å²) >= 11 is 7.14. The molecule has 1 fully saturated rings. The minimum Gasteiger partial charge on any atom is -0.298 e. The van der Waals surface area contributed by atoms with Gasteiger partial charge in [-0.3, -0.25) is 19.3 Å². The summed E-state index contributed by atoms with van der Waals surface area (Å²) in [6.07, 6.45) is 2.43. The number of carbonyl (C=O) groups excluding carboxylic acids is 3. The van der Waals surface area contributed by atoms with Crippen LogP contribution in [0.2, 0.25) is 5.02 Å². The fraction of sp³-hybridized carbons (Fsp3) is 0.385. The lowest BCUT2D eigenvalue weighted by atomic mass is 10.1. The summed E-state index contributed by atoms with van der Waals surface area (Å²) < 4.78 is 0. The summed E-state index contributed by atoms with van der Waals surface area (Å²) in [6.45, 7) is 1.95. The first-order chi connectivity index (χ1) is 9.52. The van der Waals surface area contributed by atoms with Gasteiger partial charge in [0.15, 0.2) is 11.4 Å². The van der Waals surface area contributed by atoms with Gasteiger partial charge in [-0.2, -0.15) is 0 Å². The lowest BCUT2D eigenvalue weighted by Gasteiger charge is -2.17. The van der Waals surface area contributed by atoms with Gasteiger partial charge in [-0.25, -0.2) is 4.98 Å². The Morgan fingerprint density at radius 3 is 3.05 bits per heavy atom. The number of amides is 1. The number of halogens is 1. The SMILES string of the molecule is CC(=O)SCC1CC(=O)N(c2nccc(Cl)c2C=O)C1. The number of carbonyl (C=O) groups is 3.